The Hall–Kier alpha value is -2.08. The van der Waals surface area contributed by atoms with Crippen molar-refractivity contribution in [2.75, 3.05) is 20.2 Å². The van der Waals surface area contributed by atoms with Crippen molar-refractivity contribution < 1.29 is 32.8 Å². The maximum absolute atomic E-state index is 11.7. The average Bonchev–Trinajstić information content (AvgIpc) is 2.70. The molecular formula is C20H28N2O7S. The van der Waals surface area contributed by atoms with Crippen LogP contribution in [0.1, 0.15) is 24.5 Å². The minimum absolute atomic E-state index is 0. The molecule has 1 aromatic heterocycles. The normalized spacial score (nSPS) is 26.3. The number of benzene rings is 1. The molecule has 4 heterocycles. The fourth-order valence-corrected chi connectivity index (χ4v) is 5.16. The van der Waals surface area contributed by atoms with E-state index in [0.717, 1.165) is 31.3 Å². The van der Waals surface area contributed by atoms with Crippen LogP contribution in [0.2, 0.25) is 0 Å². The summed E-state index contributed by atoms with van der Waals surface area (Å²) in [4.78, 5) is 6.61. The van der Waals surface area contributed by atoms with E-state index in [4.69, 9.17) is 8.92 Å². The highest BCUT2D eigenvalue weighted by Gasteiger charge is 2.44. The van der Waals surface area contributed by atoms with E-state index < -0.39 is 16.5 Å². The summed E-state index contributed by atoms with van der Waals surface area (Å²) in [5.74, 6) is 1.47. The fourth-order valence-electron chi connectivity index (χ4n) is 4.67. The molecule has 3 saturated heterocycles. The first-order valence-electron chi connectivity index (χ1n) is 9.34. The van der Waals surface area contributed by atoms with Crippen LogP contribution in [0.15, 0.2) is 43.1 Å². The lowest BCUT2D eigenvalue weighted by Crippen LogP contribution is -2.55. The van der Waals surface area contributed by atoms with Crippen LogP contribution in [0.25, 0.3) is 10.9 Å². The number of pyridine rings is 1. The van der Waals surface area contributed by atoms with Crippen LogP contribution in [-0.4, -0.2) is 60.0 Å². The van der Waals surface area contributed by atoms with Crippen molar-refractivity contribution in [2.24, 2.45) is 11.8 Å². The van der Waals surface area contributed by atoms with Gasteiger partial charge in [0.15, 0.2) is 0 Å². The summed E-state index contributed by atoms with van der Waals surface area (Å²) in [6.45, 7) is 5.62. The lowest BCUT2D eigenvalue weighted by Gasteiger charge is -2.51. The number of methoxy groups -OCH3 is 1. The third-order valence-electron chi connectivity index (χ3n) is 6.02. The van der Waals surface area contributed by atoms with Crippen molar-refractivity contribution >= 4 is 21.3 Å². The van der Waals surface area contributed by atoms with E-state index in [1.807, 2.05) is 18.2 Å². The molecule has 2 aromatic rings. The Morgan fingerprint density at radius 2 is 2.10 bits per heavy atom. The van der Waals surface area contributed by atoms with Crippen LogP contribution >= 0.6 is 0 Å². The molecule has 0 spiro atoms. The Balaban J connectivity index is 0.00000160. The van der Waals surface area contributed by atoms with Crippen LogP contribution in [0.4, 0.5) is 0 Å². The number of fused-ring (bicyclic) bond motifs is 4. The Labute approximate surface area is 175 Å². The van der Waals surface area contributed by atoms with E-state index >= 15 is 0 Å². The maximum Gasteiger partial charge on any atom is 0.398 e. The Morgan fingerprint density at radius 1 is 1.33 bits per heavy atom. The summed E-state index contributed by atoms with van der Waals surface area (Å²) < 4.78 is 43.5. The highest BCUT2D eigenvalue weighted by Crippen LogP contribution is 2.44. The minimum Gasteiger partial charge on any atom is -0.497 e. The van der Waals surface area contributed by atoms with Gasteiger partial charge in [-0.3, -0.25) is 14.4 Å². The summed E-state index contributed by atoms with van der Waals surface area (Å²) in [5.41, 5.74) is 1.39. The van der Waals surface area contributed by atoms with E-state index in [1.54, 1.807) is 25.4 Å². The number of nitrogens with zero attached hydrogens (tertiary/aromatic N) is 2. The molecule has 1 unspecified atom stereocenters. The third-order valence-corrected chi connectivity index (χ3v) is 6.47. The molecule has 0 aliphatic carbocycles. The molecule has 1 aromatic carbocycles. The van der Waals surface area contributed by atoms with E-state index in [-0.39, 0.29) is 17.0 Å². The van der Waals surface area contributed by atoms with Gasteiger partial charge in [0.25, 0.3) is 0 Å². The highest BCUT2D eigenvalue weighted by atomic mass is 32.3. The van der Waals surface area contributed by atoms with Crippen molar-refractivity contribution in [1.29, 1.82) is 0 Å². The van der Waals surface area contributed by atoms with Gasteiger partial charge < -0.3 is 15.7 Å². The van der Waals surface area contributed by atoms with Gasteiger partial charge in [-0.15, -0.1) is 6.58 Å². The molecule has 166 valence electrons. The lowest BCUT2D eigenvalue weighted by molar-refractivity contribution is -0.0365. The van der Waals surface area contributed by atoms with Crippen molar-refractivity contribution in [3.8, 4) is 5.75 Å². The summed E-state index contributed by atoms with van der Waals surface area (Å²) in [6, 6.07) is 7.04. The minimum atomic E-state index is -4.64. The van der Waals surface area contributed by atoms with Gasteiger partial charge in [-0.2, -0.15) is 8.42 Å². The molecule has 3 aliphatic heterocycles. The Bertz CT molecular complexity index is 998. The molecule has 0 saturated carbocycles. The van der Waals surface area contributed by atoms with Crippen molar-refractivity contribution in [1.82, 2.24) is 9.88 Å². The highest BCUT2D eigenvalue weighted by molar-refractivity contribution is 7.80. The summed E-state index contributed by atoms with van der Waals surface area (Å²) >= 11 is 0. The predicted molar refractivity (Wildman–Crippen MR) is 113 cm³/mol. The lowest BCUT2D eigenvalue weighted by atomic mass is 9.73. The number of rotatable bonds is 6. The summed E-state index contributed by atoms with van der Waals surface area (Å²) in [5, 5.41) is 0.749. The summed E-state index contributed by atoms with van der Waals surface area (Å²) in [6.07, 6.45) is 4.62. The quantitative estimate of drug-likeness (QED) is 0.525. The van der Waals surface area contributed by atoms with Crippen molar-refractivity contribution in [2.45, 2.75) is 25.0 Å². The molecule has 0 amide bonds. The fraction of sp³-hybridized carbons (Fsp3) is 0.450. The first-order chi connectivity index (χ1) is 13.4. The predicted octanol–water partition coefficient (Wildman–Crippen LogP) is 1.35. The van der Waals surface area contributed by atoms with Gasteiger partial charge in [-0.05, 0) is 61.1 Å². The first-order valence-corrected chi connectivity index (χ1v) is 10.7. The largest absolute Gasteiger partial charge is 0.497 e. The molecule has 3 aliphatic rings. The molecule has 5 atom stereocenters. The van der Waals surface area contributed by atoms with Crippen LogP contribution in [-0.2, 0) is 14.6 Å². The van der Waals surface area contributed by atoms with Crippen LogP contribution < -0.4 is 4.74 Å². The van der Waals surface area contributed by atoms with Gasteiger partial charge in [-0.25, -0.2) is 4.18 Å². The second kappa shape index (κ2) is 9.38. The van der Waals surface area contributed by atoms with Gasteiger partial charge in [0, 0.05) is 24.2 Å². The molecule has 2 bridgehead atoms. The van der Waals surface area contributed by atoms with Gasteiger partial charge in [-0.1, -0.05) is 6.08 Å². The van der Waals surface area contributed by atoms with Gasteiger partial charge >= 0.3 is 10.4 Å². The molecule has 5 rings (SSSR count). The topological polar surface area (TPSA) is 152 Å². The Kier molecular flexibility index (Phi) is 7.56. The zero-order chi connectivity index (χ0) is 19.9. The number of hydrogen-bond donors (Lipinski definition) is 1. The van der Waals surface area contributed by atoms with E-state index in [2.05, 4.69) is 16.5 Å². The van der Waals surface area contributed by atoms with Gasteiger partial charge in [0.05, 0.1) is 12.6 Å². The SMILES string of the molecule is C=C[C@H]1CN2CC[C@H]1C[C@@H]2[C@@H](OS(=O)(=O)O)c1ccnc2ccc(OC)cc12.O.O. The Morgan fingerprint density at radius 3 is 2.70 bits per heavy atom. The van der Waals surface area contributed by atoms with E-state index in [9.17, 15) is 13.0 Å². The third kappa shape index (κ3) is 4.64. The molecule has 10 heteroatoms. The zero-order valence-electron chi connectivity index (χ0n) is 16.7. The zero-order valence-corrected chi connectivity index (χ0v) is 17.5. The first kappa shape index (κ1) is 24.2. The molecule has 3 fully saturated rings. The second-order valence-corrected chi connectivity index (χ2v) is 8.52. The van der Waals surface area contributed by atoms with Crippen molar-refractivity contribution in [3.63, 3.8) is 0 Å². The van der Waals surface area contributed by atoms with Crippen LogP contribution in [0.5, 0.6) is 5.75 Å². The summed E-state index contributed by atoms with van der Waals surface area (Å²) in [7, 11) is -3.07. The monoisotopic (exact) mass is 440 g/mol. The van der Waals surface area contributed by atoms with E-state index in [0.29, 0.717) is 28.7 Å². The average molecular weight is 441 g/mol. The standard InChI is InChI=1S/C20H24N2O5S.2H2O/c1-3-13-12-22-9-7-14(13)10-19(22)20(27-28(23,24)25)16-6-8-21-18-5-4-15(26-2)11-17(16)18;;/h3-6,8,11,13-14,19-20H,1,7,9-10,12H2,2H3,(H,23,24,25);2*1H2/t13-,14-,19+,20-;;/m0../s1. The molecule has 5 N–H and O–H groups in total. The second-order valence-electron chi connectivity index (χ2n) is 7.47. The smallest absolute Gasteiger partial charge is 0.398 e. The number of ether oxygens (including phenoxy) is 1. The molecule has 30 heavy (non-hydrogen) atoms. The van der Waals surface area contributed by atoms with Crippen LogP contribution in [0.3, 0.4) is 0 Å². The number of hydrogen-bond acceptors (Lipinski definition) is 6. The van der Waals surface area contributed by atoms with Crippen molar-refractivity contribution in [3.05, 3.63) is 48.7 Å². The number of piperidine rings is 3. The van der Waals surface area contributed by atoms with Crippen LogP contribution in [0, 0.1) is 11.8 Å². The van der Waals surface area contributed by atoms with Gasteiger partial charge in [0.1, 0.15) is 11.9 Å². The maximum atomic E-state index is 11.7. The number of aromatic nitrogens is 1. The molecule has 0 radical (unpaired) electrons. The molecular weight excluding hydrogens is 412 g/mol. The molecule has 9 nitrogen and oxygen atoms in total. The van der Waals surface area contributed by atoms with Gasteiger partial charge in [0.2, 0.25) is 0 Å². The van der Waals surface area contributed by atoms with E-state index in [1.165, 1.54) is 0 Å².